The zero-order valence-electron chi connectivity index (χ0n) is 12.1. The number of hydrogen-bond donors (Lipinski definition) is 2. The van der Waals surface area contributed by atoms with E-state index in [9.17, 15) is 4.79 Å². The Morgan fingerprint density at radius 2 is 1.74 bits per heavy atom. The average Bonchev–Trinajstić information content (AvgIpc) is 2.42. The number of rotatable bonds is 4. The fourth-order valence-electron chi connectivity index (χ4n) is 3.30. The van der Waals surface area contributed by atoms with E-state index in [-0.39, 0.29) is 5.91 Å². The molecule has 1 aliphatic heterocycles. The Morgan fingerprint density at radius 1 is 1.11 bits per heavy atom. The predicted octanol–water partition coefficient (Wildman–Crippen LogP) is 1.39. The topological polar surface area (TPSA) is 52.6 Å². The van der Waals surface area contributed by atoms with Crippen LogP contribution in [0.3, 0.4) is 0 Å². The monoisotopic (exact) mass is 268 g/mol. The van der Waals surface area contributed by atoms with Gasteiger partial charge in [-0.1, -0.05) is 0 Å². The van der Waals surface area contributed by atoms with Gasteiger partial charge in [-0.15, -0.1) is 0 Å². The minimum Gasteiger partial charge on any atom is -0.396 e. The van der Waals surface area contributed by atoms with Crippen molar-refractivity contribution in [3.05, 3.63) is 0 Å². The summed E-state index contributed by atoms with van der Waals surface area (Å²) in [5, 5.41) is 12.3. The van der Waals surface area contributed by atoms with E-state index >= 15 is 0 Å². The van der Waals surface area contributed by atoms with Crippen LogP contribution in [0.2, 0.25) is 0 Å². The molecule has 2 fully saturated rings. The molecule has 110 valence electrons. The van der Waals surface area contributed by atoms with E-state index in [1.165, 1.54) is 0 Å². The van der Waals surface area contributed by atoms with Crippen molar-refractivity contribution < 1.29 is 9.90 Å². The van der Waals surface area contributed by atoms with Gasteiger partial charge in [0.2, 0.25) is 5.91 Å². The Balaban J connectivity index is 1.64. The van der Waals surface area contributed by atoms with E-state index in [2.05, 4.69) is 17.3 Å². The maximum atomic E-state index is 12.0. The number of carbonyl (C=O) groups excluding carboxylic acids is 1. The van der Waals surface area contributed by atoms with E-state index in [4.69, 9.17) is 5.11 Å². The second-order valence-corrected chi connectivity index (χ2v) is 6.42. The highest BCUT2D eigenvalue weighted by atomic mass is 16.3. The van der Waals surface area contributed by atoms with Gasteiger partial charge < -0.3 is 15.3 Å². The first-order valence-electron chi connectivity index (χ1n) is 7.76. The lowest BCUT2D eigenvalue weighted by Crippen LogP contribution is -2.40. The molecule has 1 amide bonds. The van der Waals surface area contributed by atoms with E-state index in [0.717, 1.165) is 51.6 Å². The maximum Gasteiger partial charge on any atom is 0.220 e. The Kier molecular flexibility index (Phi) is 5.64. The molecule has 0 aromatic carbocycles. The molecular formula is C15H28N2O2. The zero-order chi connectivity index (χ0) is 13.7. The number of amides is 1. The van der Waals surface area contributed by atoms with Crippen molar-refractivity contribution in [1.82, 2.24) is 10.2 Å². The Labute approximate surface area is 116 Å². The number of piperidine rings is 1. The van der Waals surface area contributed by atoms with E-state index < -0.39 is 0 Å². The van der Waals surface area contributed by atoms with Gasteiger partial charge >= 0.3 is 0 Å². The van der Waals surface area contributed by atoms with Crippen LogP contribution in [0.1, 0.15) is 44.9 Å². The molecule has 0 radical (unpaired) electrons. The first kappa shape index (κ1) is 14.8. The van der Waals surface area contributed by atoms with Crippen molar-refractivity contribution in [1.29, 1.82) is 0 Å². The standard InChI is InChI=1S/C15H28N2O2/c1-17-8-6-12(7-9-17)10-15(19)16-14-4-2-13(11-18)3-5-14/h12-14,18H,2-11H2,1H3,(H,16,19). The summed E-state index contributed by atoms with van der Waals surface area (Å²) < 4.78 is 0. The Hall–Kier alpha value is -0.610. The van der Waals surface area contributed by atoms with Crippen molar-refractivity contribution >= 4 is 5.91 Å². The quantitative estimate of drug-likeness (QED) is 0.810. The lowest BCUT2D eigenvalue weighted by Gasteiger charge is -2.30. The first-order valence-corrected chi connectivity index (χ1v) is 7.76. The maximum absolute atomic E-state index is 12.0. The van der Waals surface area contributed by atoms with Gasteiger partial charge in [0.1, 0.15) is 0 Å². The summed E-state index contributed by atoms with van der Waals surface area (Å²) in [7, 11) is 2.15. The molecule has 1 saturated carbocycles. The molecule has 2 aliphatic rings. The number of aliphatic hydroxyl groups is 1. The first-order chi connectivity index (χ1) is 9.17. The van der Waals surface area contributed by atoms with Gasteiger partial charge in [-0.2, -0.15) is 0 Å². The van der Waals surface area contributed by atoms with Crippen molar-refractivity contribution in [3.63, 3.8) is 0 Å². The number of likely N-dealkylation sites (tertiary alicyclic amines) is 1. The van der Waals surface area contributed by atoms with Gasteiger partial charge in [0.25, 0.3) is 0 Å². The van der Waals surface area contributed by atoms with E-state index in [1.54, 1.807) is 0 Å². The third-order valence-electron chi connectivity index (χ3n) is 4.78. The molecule has 0 spiro atoms. The molecule has 0 aromatic rings. The molecule has 4 heteroatoms. The van der Waals surface area contributed by atoms with Crippen molar-refractivity contribution in [2.24, 2.45) is 11.8 Å². The van der Waals surface area contributed by atoms with Crippen LogP contribution in [-0.4, -0.2) is 48.7 Å². The molecule has 19 heavy (non-hydrogen) atoms. The second-order valence-electron chi connectivity index (χ2n) is 6.42. The van der Waals surface area contributed by atoms with E-state index in [0.29, 0.717) is 30.9 Å². The molecule has 1 aliphatic carbocycles. The second kappa shape index (κ2) is 7.25. The average molecular weight is 268 g/mol. The molecule has 2 N–H and O–H groups in total. The van der Waals surface area contributed by atoms with Gasteiger partial charge in [-0.05, 0) is 70.5 Å². The van der Waals surface area contributed by atoms with Crippen LogP contribution < -0.4 is 5.32 Å². The predicted molar refractivity (Wildman–Crippen MR) is 75.8 cm³/mol. The number of nitrogens with one attached hydrogen (secondary N) is 1. The zero-order valence-corrected chi connectivity index (χ0v) is 12.1. The lowest BCUT2D eigenvalue weighted by atomic mass is 9.86. The van der Waals surface area contributed by atoms with Gasteiger partial charge in [-0.3, -0.25) is 4.79 Å². The van der Waals surface area contributed by atoms with Crippen LogP contribution in [-0.2, 0) is 4.79 Å². The molecule has 0 aromatic heterocycles. The minimum absolute atomic E-state index is 0.238. The number of aliphatic hydroxyl groups excluding tert-OH is 1. The van der Waals surface area contributed by atoms with Crippen LogP contribution >= 0.6 is 0 Å². The summed E-state index contributed by atoms with van der Waals surface area (Å²) >= 11 is 0. The molecule has 0 unspecified atom stereocenters. The number of carbonyl (C=O) groups is 1. The van der Waals surface area contributed by atoms with Gasteiger partial charge in [0.05, 0.1) is 0 Å². The molecule has 1 heterocycles. The smallest absolute Gasteiger partial charge is 0.220 e. The highest BCUT2D eigenvalue weighted by molar-refractivity contribution is 5.76. The summed E-state index contributed by atoms with van der Waals surface area (Å²) in [6.45, 7) is 2.55. The molecular weight excluding hydrogens is 240 g/mol. The van der Waals surface area contributed by atoms with Crippen LogP contribution in [0.25, 0.3) is 0 Å². The van der Waals surface area contributed by atoms with Crippen LogP contribution in [0, 0.1) is 11.8 Å². The van der Waals surface area contributed by atoms with Crippen molar-refractivity contribution in [3.8, 4) is 0 Å². The molecule has 4 nitrogen and oxygen atoms in total. The third-order valence-corrected chi connectivity index (χ3v) is 4.78. The molecule has 0 atom stereocenters. The third kappa shape index (κ3) is 4.77. The van der Waals surface area contributed by atoms with Gasteiger partial charge in [0.15, 0.2) is 0 Å². The molecule has 1 saturated heterocycles. The van der Waals surface area contributed by atoms with Crippen LogP contribution in [0.15, 0.2) is 0 Å². The SMILES string of the molecule is CN1CCC(CC(=O)NC2CCC(CO)CC2)CC1. The van der Waals surface area contributed by atoms with Gasteiger partial charge in [0, 0.05) is 19.1 Å². The Morgan fingerprint density at radius 3 is 2.32 bits per heavy atom. The normalized spacial score (nSPS) is 30.2. The Bertz CT molecular complexity index is 280. The van der Waals surface area contributed by atoms with Gasteiger partial charge in [-0.25, -0.2) is 0 Å². The molecule has 2 rings (SSSR count). The van der Waals surface area contributed by atoms with Crippen molar-refractivity contribution in [2.75, 3.05) is 26.7 Å². The van der Waals surface area contributed by atoms with E-state index in [1.807, 2.05) is 0 Å². The summed E-state index contributed by atoms with van der Waals surface area (Å²) in [6.07, 6.45) is 7.18. The van der Waals surface area contributed by atoms with Crippen LogP contribution in [0.4, 0.5) is 0 Å². The summed E-state index contributed by atoms with van der Waals surface area (Å²) in [5.41, 5.74) is 0. The fraction of sp³-hybridized carbons (Fsp3) is 0.933. The van der Waals surface area contributed by atoms with Crippen molar-refractivity contribution in [2.45, 2.75) is 51.0 Å². The fourth-order valence-corrected chi connectivity index (χ4v) is 3.30. The minimum atomic E-state index is 0.238. The van der Waals surface area contributed by atoms with Crippen LogP contribution in [0.5, 0.6) is 0 Å². The highest BCUT2D eigenvalue weighted by Gasteiger charge is 2.24. The number of hydrogen-bond acceptors (Lipinski definition) is 3. The highest BCUT2D eigenvalue weighted by Crippen LogP contribution is 2.24. The lowest BCUT2D eigenvalue weighted by molar-refractivity contribution is -0.123. The molecule has 0 bridgehead atoms. The summed E-state index contributed by atoms with van der Waals surface area (Å²) in [6, 6.07) is 0.349. The largest absolute Gasteiger partial charge is 0.396 e. The summed E-state index contributed by atoms with van der Waals surface area (Å²) in [4.78, 5) is 14.4. The number of nitrogens with zero attached hydrogens (tertiary/aromatic N) is 1. The summed E-state index contributed by atoms with van der Waals surface area (Å²) in [5.74, 6) is 1.27.